The summed E-state index contributed by atoms with van der Waals surface area (Å²) < 4.78 is 5.76. The summed E-state index contributed by atoms with van der Waals surface area (Å²) in [5.74, 6) is 0.695. The van der Waals surface area contributed by atoms with Gasteiger partial charge < -0.3 is 16.2 Å². The van der Waals surface area contributed by atoms with Crippen molar-refractivity contribution < 1.29 is 9.53 Å². The van der Waals surface area contributed by atoms with Crippen molar-refractivity contribution in [3.63, 3.8) is 0 Å². The van der Waals surface area contributed by atoms with Crippen molar-refractivity contribution in [3.8, 4) is 11.5 Å². The lowest BCUT2D eigenvalue weighted by Crippen LogP contribution is -2.13. The Balaban J connectivity index is 2.33. The van der Waals surface area contributed by atoms with Gasteiger partial charge >= 0.3 is 0 Å². The fraction of sp³-hybridized carbons (Fsp3) is 0.0714. The van der Waals surface area contributed by atoms with E-state index in [9.17, 15) is 4.79 Å². The maximum atomic E-state index is 11.2. The van der Waals surface area contributed by atoms with Crippen LogP contribution < -0.4 is 16.2 Å². The molecule has 0 bridgehead atoms. The van der Waals surface area contributed by atoms with E-state index in [1.807, 2.05) is 30.5 Å². The maximum absolute atomic E-state index is 11.2. The second-order valence-corrected chi connectivity index (χ2v) is 4.71. The second kappa shape index (κ2) is 5.67. The monoisotopic (exact) mass is 274 g/mol. The Morgan fingerprint density at radius 2 is 1.95 bits per heavy atom. The van der Waals surface area contributed by atoms with Crippen LogP contribution in [0.3, 0.4) is 0 Å². The van der Waals surface area contributed by atoms with Crippen LogP contribution in [-0.4, -0.2) is 12.2 Å². The van der Waals surface area contributed by atoms with Crippen molar-refractivity contribution >= 4 is 23.4 Å². The molecular formula is C14H14N2O2S. The first kappa shape index (κ1) is 13.3. The van der Waals surface area contributed by atoms with E-state index in [0.717, 1.165) is 10.6 Å². The highest BCUT2D eigenvalue weighted by molar-refractivity contribution is 7.98. The number of nitrogen functional groups attached to an aromatic ring is 1. The number of carbonyl (C=O) groups is 1. The standard InChI is InChI=1S/C14H14N2O2S/c1-19-13-5-3-2-4-12(13)18-9-6-7-11(15)10(8-9)14(16)17/h2-8H,15H2,1H3,(H2,16,17). The molecule has 1 amide bonds. The molecule has 0 saturated heterocycles. The van der Waals surface area contributed by atoms with Gasteiger partial charge in [0.2, 0.25) is 0 Å². The Labute approximate surface area is 115 Å². The van der Waals surface area contributed by atoms with Crippen LogP contribution in [0.2, 0.25) is 0 Å². The van der Waals surface area contributed by atoms with E-state index in [0.29, 0.717) is 11.4 Å². The van der Waals surface area contributed by atoms with E-state index in [4.69, 9.17) is 16.2 Å². The fourth-order valence-corrected chi connectivity index (χ4v) is 2.17. The van der Waals surface area contributed by atoms with Gasteiger partial charge in [0.1, 0.15) is 11.5 Å². The molecule has 0 spiro atoms. The van der Waals surface area contributed by atoms with Crippen LogP contribution in [0.25, 0.3) is 0 Å². The number of hydrogen-bond acceptors (Lipinski definition) is 4. The highest BCUT2D eigenvalue weighted by atomic mass is 32.2. The molecule has 0 saturated carbocycles. The van der Waals surface area contributed by atoms with E-state index in [2.05, 4.69) is 0 Å². The molecule has 0 atom stereocenters. The van der Waals surface area contributed by atoms with Crippen LogP contribution in [0.4, 0.5) is 5.69 Å². The smallest absolute Gasteiger partial charge is 0.250 e. The minimum Gasteiger partial charge on any atom is -0.456 e. The average molecular weight is 274 g/mol. The zero-order valence-electron chi connectivity index (χ0n) is 10.4. The van der Waals surface area contributed by atoms with Gasteiger partial charge in [-0.1, -0.05) is 12.1 Å². The molecule has 0 radical (unpaired) electrons. The highest BCUT2D eigenvalue weighted by Crippen LogP contribution is 2.32. The normalized spacial score (nSPS) is 10.2. The molecule has 0 heterocycles. The van der Waals surface area contributed by atoms with Crippen molar-refractivity contribution in [3.05, 3.63) is 48.0 Å². The van der Waals surface area contributed by atoms with Crippen molar-refractivity contribution in [2.45, 2.75) is 4.90 Å². The van der Waals surface area contributed by atoms with Crippen LogP contribution in [0.1, 0.15) is 10.4 Å². The molecule has 2 aromatic rings. The summed E-state index contributed by atoms with van der Waals surface area (Å²) in [6.45, 7) is 0. The minimum absolute atomic E-state index is 0.263. The highest BCUT2D eigenvalue weighted by Gasteiger charge is 2.09. The Morgan fingerprint density at radius 3 is 2.63 bits per heavy atom. The molecule has 98 valence electrons. The number of benzene rings is 2. The van der Waals surface area contributed by atoms with Gasteiger partial charge in [0.05, 0.1) is 5.56 Å². The molecule has 0 aliphatic heterocycles. The molecule has 2 aromatic carbocycles. The van der Waals surface area contributed by atoms with Crippen molar-refractivity contribution in [2.24, 2.45) is 5.73 Å². The van der Waals surface area contributed by atoms with Crippen molar-refractivity contribution in [1.82, 2.24) is 0 Å². The summed E-state index contributed by atoms with van der Waals surface area (Å²) in [5.41, 5.74) is 11.5. The van der Waals surface area contributed by atoms with Crippen LogP contribution in [-0.2, 0) is 0 Å². The van der Waals surface area contributed by atoms with Crippen LogP contribution in [0, 0.1) is 0 Å². The first-order chi connectivity index (χ1) is 9.11. The first-order valence-electron chi connectivity index (χ1n) is 5.62. The summed E-state index contributed by atoms with van der Waals surface area (Å²) in [4.78, 5) is 12.2. The molecule has 4 N–H and O–H groups in total. The van der Waals surface area contributed by atoms with Crippen LogP contribution in [0.5, 0.6) is 11.5 Å². The number of thioether (sulfide) groups is 1. The zero-order valence-corrected chi connectivity index (χ0v) is 11.2. The van der Waals surface area contributed by atoms with Crippen LogP contribution >= 0.6 is 11.8 Å². The number of nitrogens with two attached hydrogens (primary N) is 2. The third-order valence-corrected chi connectivity index (χ3v) is 3.36. The first-order valence-corrected chi connectivity index (χ1v) is 6.84. The number of anilines is 1. The summed E-state index contributed by atoms with van der Waals surface area (Å²) in [6.07, 6.45) is 1.97. The van der Waals surface area contributed by atoms with Gasteiger partial charge in [0.15, 0.2) is 0 Å². The molecule has 4 nitrogen and oxygen atoms in total. The van der Waals surface area contributed by atoms with Gasteiger partial charge in [-0.2, -0.15) is 0 Å². The Bertz CT molecular complexity index is 614. The molecule has 0 fully saturated rings. The number of carbonyl (C=O) groups excluding carboxylic acids is 1. The average Bonchev–Trinajstić information content (AvgIpc) is 2.41. The summed E-state index contributed by atoms with van der Waals surface area (Å²) >= 11 is 1.59. The van der Waals surface area contributed by atoms with Crippen molar-refractivity contribution in [1.29, 1.82) is 0 Å². The summed E-state index contributed by atoms with van der Waals surface area (Å²) in [7, 11) is 0. The summed E-state index contributed by atoms with van der Waals surface area (Å²) in [6, 6.07) is 12.5. The van der Waals surface area contributed by atoms with Gasteiger partial charge in [-0.15, -0.1) is 11.8 Å². The van der Waals surface area contributed by atoms with E-state index in [1.165, 1.54) is 0 Å². The van der Waals surface area contributed by atoms with Gasteiger partial charge in [-0.25, -0.2) is 0 Å². The number of amides is 1. The third kappa shape index (κ3) is 3.00. The summed E-state index contributed by atoms with van der Waals surface area (Å²) in [5, 5.41) is 0. The van der Waals surface area contributed by atoms with E-state index in [-0.39, 0.29) is 5.56 Å². The Morgan fingerprint density at radius 1 is 1.21 bits per heavy atom. The lowest BCUT2D eigenvalue weighted by atomic mass is 10.1. The number of hydrogen-bond donors (Lipinski definition) is 2. The molecule has 0 unspecified atom stereocenters. The topological polar surface area (TPSA) is 78.3 Å². The van der Waals surface area contributed by atoms with Gasteiger partial charge in [0, 0.05) is 10.6 Å². The molecule has 2 rings (SSSR count). The number of rotatable bonds is 4. The minimum atomic E-state index is -0.568. The number of para-hydroxylation sites is 1. The predicted octanol–water partition coefficient (Wildman–Crippen LogP) is 2.88. The fourth-order valence-electron chi connectivity index (χ4n) is 1.64. The van der Waals surface area contributed by atoms with E-state index in [1.54, 1.807) is 30.0 Å². The number of ether oxygens (including phenoxy) is 1. The van der Waals surface area contributed by atoms with Gasteiger partial charge in [-0.05, 0) is 36.6 Å². The van der Waals surface area contributed by atoms with Gasteiger partial charge in [-0.3, -0.25) is 4.79 Å². The Kier molecular flexibility index (Phi) is 3.97. The van der Waals surface area contributed by atoms with Gasteiger partial charge in [0.25, 0.3) is 5.91 Å². The molecule has 0 aliphatic carbocycles. The quantitative estimate of drug-likeness (QED) is 0.663. The molecule has 19 heavy (non-hydrogen) atoms. The van der Waals surface area contributed by atoms with Crippen molar-refractivity contribution in [2.75, 3.05) is 12.0 Å². The van der Waals surface area contributed by atoms with Crippen LogP contribution in [0.15, 0.2) is 47.4 Å². The third-order valence-electron chi connectivity index (χ3n) is 2.59. The molecule has 5 heteroatoms. The Hall–Kier alpha value is -2.14. The largest absolute Gasteiger partial charge is 0.456 e. The van der Waals surface area contributed by atoms with E-state index < -0.39 is 5.91 Å². The number of primary amides is 1. The second-order valence-electron chi connectivity index (χ2n) is 3.87. The lowest BCUT2D eigenvalue weighted by Gasteiger charge is -2.11. The molecule has 0 aliphatic rings. The molecule has 0 aromatic heterocycles. The maximum Gasteiger partial charge on any atom is 0.250 e. The van der Waals surface area contributed by atoms with E-state index >= 15 is 0 Å². The molecular weight excluding hydrogens is 260 g/mol. The zero-order chi connectivity index (χ0) is 13.8. The predicted molar refractivity (Wildman–Crippen MR) is 77.7 cm³/mol. The SMILES string of the molecule is CSc1ccccc1Oc1ccc(N)c(C(N)=O)c1. The lowest BCUT2D eigenvalue weighted by molar-refractivity contribution is 0.100.